The third-order valence-electron chi connectivity index (χ3n) is 5.72. The van der Waals surface area contributed by atoms with Crippen LogP contribution in [-0.2, 0) is 4.74 Å². The Morgan fingerprint density at radius 2 is 2.13 bits per heavy atom. The average molecular weight is 455 g/mol. The van der Waals surface area contributed by atoms with Crippen LogP contribution >= 0.6 is 22.9 Å². The molecule has 3 heterocycles. The van der Waals surface area contributed by atoms with Crippen molar-refractivity contribution < 1.29 is 18.7 Å². The van der Waals surface area contributed by atoms with E-state index >= 15 is 0 Å². The first-order chi connectivity index (χ1) is 15.0. The molecule has 1 aliphatic carbocycles. The van der Waals surface area contributed by atoms with Crippen LogP contribution in [0.25, 0.3) is 22.2 Å². The monoisotopic (exact) mass is 454 g/mol. The van der Waals surface area contributed by atoms with Gasteiger partial charge in [0.25, 0.3) is 0 Å². The van der Waals surface area contributed by atoms with Gasteiger partial charge >= 0.3 is 5.97 Å². The predicted octanol–water partition coefficient (Wildman–Crippen LogP) is 6.16. The van der Waals surface area contributed by atoms with E-state index in [0.29, 0.717) is 28.5 Å². The maximum atomic E-state index is 15.0. The Labute approximate surface area is 186 Å². The van der Waals surface area contributed by atoms with Crippen molar-refractivity contribution in [3.63, 3.8) is 0 Å². The smallest absolute Gasteiger partial charge is 0.337 e. The number of halogens is 2. The van der Waals surface area contributed by atoms with E-state index in [0.717, 1.165) is 33.6 Å². The van der Waals surface area contributed by atoms with E-state index in [9.17, 15) is 9.18 Å². The zero-order valence-corrected chi connectivity index (χ0v) is 18.0. The zero-order valence-electron chi connectivity index (χ0n) is 16.4. The number of nitrogens with zero attached hydrogens (tertiary/aromatic N) is 2. The third kappa shape index (κ3) is 2.95. The van der Waals surface area contributed by atoms with Gasteiger partial charge in [0.05, 0.1) is 39.3 Å². The fourth-order valence-corrected chi connectivity index (χ4v) is 5.41. The Morgan fingerprint density at radius 1 is 1.29 bits per heavy atom. The number of fused-ring (bicyclic) bond motifs is 5. The molecule has 4 aromatic rings. The summed E-state index contributed by atoms with van der Waals surface area (Å²) in [5, 5.41) is 2.17. The number of rotatable bonds is 3. The molecule has 1 aliphatic heterocycles. The maximum absolute atomic E-state index is 15.0. The Bertz CT molecular complexity index is 1370. The lowest BCUT2D eigenvalue weighted by Gasteiger charge is -2.29. The van der Waals surface area contributed by atoms with Crippen LogP contribution in [0.3, 0.4) is 0 Å². The Balaban J connectivity index is 1.59. The van der Waals surface area contributed by atoms with Crippen molar-refractivity contribution in [2.75, 3.05) is 7.11 Å². The molecule has 156 valence electrons. The quantitative estimate of drug-likeness (QED) is 0.348. The number of aromatic nitrogens is 2. The molecular formula is C23H16ClFN2O3S. The molecule has 2 aromatic carbocycles. The summed E-state index contributed by atoms with van der Waals surface area (Å²) < 4.78 is 28.1. The molecule has 2 aliphatic rings. The molecule has 0 N–H and O–H groups in total. The van der Waals surface area contributed by atoms with Crippen LogP contribution in [0.15, 0.2) is 42.6 Å². The second-order valence-electron chi connectivity index (χ2n) is 7.77. The van der Waals surface area contributed by atoms with Crippen LogP contribution in [-0.4, -0.2) is 22.6 Å². The summed E-state index contributed by atoms with van der Waals surface area (Å²) in [6.45, 7) is 0. The van der Waals surface area contributed by atoms with Gasteiger partial charge in [0.15, 0.2) is 0 Å². The molecule has 1 fully saturated rings. The van der Waals surface area contributed by atoms with E-state index in [1.165, 1.54) is 13.2 Å². The molecule has 2 aromatic heterocycles. The summed E-state index contributed by atoms with van der Waals surface area (Å²) in [6.07, 6.45) is 3.66. The molecule has 0 spiro atoms. The van der Waals surface area contributed by atoms with Crippen LogP contribution < -0.4 is 4.74 Å². The van der Waals surface area contributed by atoms with Gasteiger partial charge in [0.1, 0.15) is 11.6 Å². The first-order valence-electron chi connectivity index (χ1n) is 9.88. The van der Waals surface area contributed by atoms with Gasteiger partial charge in [-0.15, -0.1) is 11.3 Å². The third-order valence-corrected chi connectivity index (χ3v) is 7.13. The highest BCUT2D eigenvalue weighted by atomic mass is 35.5. The van der Waals surface area contributed by atoms with E-state index in [4.69, 9.17) is 21.1 Å². The summed E-state index contributed by atoms with van der Waals surface area (Å²) >= 11 is 7.74. The largest absolute Gasteiger partial charge is 0.465 e. The average Bonchev–Trinajstić information content (AvgIpc) is 3.36. The van der Waals surface area contributed by atoms with Gasteiger partial charge in [0, 0.05) is 22.5 Å². The molecule has 1 unspecified atom stereocenters. The van der Waals surface area contributed by atoms with Crippen molar-refractivity contribution in [3.8, 4) is 17.0 Å². The molecule has 0 bridgehead atoms. The minimum absolute atomic E-state index is 0.274. The van der Waals surface area contributed by atoms with Crippen LogP contribution in [0.5, 0.6) is 5.75 Å². The Kier molecular flexibility index (Phi) is 4.13. The summed E-state index contributed by atoms with van der Waals surface area (Å²) in [4.78, 5) is 17.5. The summed E-state index contributed by atoms with van der Waals surface area (Å²) in [6, 6.07) is 10.1. The van der Waals surface area contributed by atoms with Crippen molar-refractivity contribution in [3.05, 3.63) is 68.9 Å². The van der Waals surface area contributed by atoms with E-state index in [1.54, 1.807) is 29.5 Å². The molecule has 1 atom stereocenters. The number of hydrogen-bond acceptors (Lipinski definition) is 5. The standard InChI is InChI=1S/C23H16ClFN2O3S/c1-29-23(28)12-4-5-16-13(6-12)7-17-20-15(25)8-14(24)9-18(20)30-22(27(16)17)19-10-26-21(31-19)11-2-3-11/h4-11,22H,2-3H2,1H3. The van der Waals surface area contributed by atoms with Crippen molar-refractivity contribution in [2.24, 2.45) is 0 Å². The Morgan fingerprint density at radius 3 is 2.90 bits per heavy atom. The minimum atomic E-state index is -0.508. The number of carbonyl (C=O) groups excluding carboxylic acids is 1. The van der Waals surface area contributed by atoms with Gasteiger partial charge in [-0.3, -0.25) is 4.57 Å². The fourth-order valence-electron chi connectivity index (χ4n) is 4.11. The number of benzene rings is 2. The van der Waals surface area contributed by atoms with Crippen LogP contribution in [0.4, 0.5) is 4.39 Å². The number of methoxy groups -OCH3 is 1. The van der Waals surface area contributed by atoms with Gasteiger partial charge in [-0.25, -0.2) is 14.2 Å². The molecule has 31 heavy (non-hydrogen) atoms. The lowest BCUT2D eigenvalue weighted by molar-refractivity contribution is 0.0601. The minimum Gasteiger partial charge on any atom is -0.465 e. The maximum Gasteiger partial charge on any atom is 0.337 e. The zero-order chi connectivity index (χ0) is 21.3. The van der Waals surface area contributed by atoms with Crippen molar-refractivity contribution in [1.82, 2.24) is 9.55 Å². The highest BCUT2D eigenvalue weighted by Crippen LogP contribution is 2.48. The number of hydrogen-bond donors (Lipinski definition) is 0. The second-order valence-corrected chi connectivity index (χ2v) is 9.30. The van der Waals surface area contributed by atoms with Crippen LogP contribution in [0.2, 0.25) is 5.02 Å². The predicted molar refractivity (Wildman–Crippen MR) is 117 cm³/mol. The molecule has 5 nitrogen and oxygen atoms in total. The normalized spacial score (nSPS) is 17.2. The van der Waals surface area contributed by atoms with Crippen molar-refractivity contribution in [2.45, 2.75) is 25.0 Å². The number of esters is 1. The van der Waals surface area contributed by atoms with E-state index in [1.807, 2.05) is 22.9 Å². The fraction of sp³-hybridized carbons (Fsp3) is 0.217. The van der Waals surface area contributed by atoms with Gasteiger partial charge in [-0.1, -0.05) is 11.6 Å². The molecule has 0 radical (unpaired) electrons. The second kappa shape index (κ2) is 6.80. The van der Waals surface area contributed by atoms with Gasteiger partial charge < -0.3 is 9.47 Å². The lowest BCUT2D eigenvalue weighted by Crippen LogP contribution is -2.22. The highest BCUT2D eigenvalue weighted by Gasteiger charge is 2.34. The lowest BCUT2D eigenvalue weighted by atomic mass is 10.1. The van der Waals surface area contributed by atoms with Crippen molar-refractivity contribution >= 4 is 39.8 Å². The van der Waals surface area contributed by atoms with Crippen LogP contribution in [0.1, 0.15) is 45.2 Å². The van der Waals surface area contributed by atoms with E-state index in [-0.39, 0.29) is 5.02 Å². The summed E-state index contributed by atoms with van der Waals surface area (Å²) in [5.41, 5.74) is 2.28. The van der Waals surface area contributed by atoms with E-state index < -0.39 is 18.0 Å². The molecule has 8 heteroatoms. The van der Waals surface area contributed by atoms with Gasteiger partial charge in [-0.05, 0) is 49.2 Å². The van der Waals surface area contributed by atoms with Gasteiger partial charge in [-0.2, -0.15) is 0 Å². The van der Waals surface area contributed by atoms with Gasteiger partial charge in [0.2, 0.25) is 6.23 Å². The number of carbonyl (C=O) groups is 1. The number of thiazole rings is 1. The SMILES string of the molecule is COC(=O)c1ccc2c(c1)cc1n2C(c2cnc(C3CC3)s2)Oc2cc(Cl)cc(F)c2-1. The first kappa shape index (κ1) is 18.8. The highest BCUT2D eigenvalue weighted by molar-refractivity contribution is 7.11. The number of ether oxygens (including phenoxy) is 2. The van der Waals surface area contributed by atoms with Crippen molar-refractivity contribution in [1.29, 1.82) is 0 Å². The van der Waals surface area contributed by atoms with Crippen LogP contribution in [0, 0.1) is 5.82 Å². The molecule has 6 rings (SSSR count). The first-order valence-corrected chi connectivity index (χ1v) is 11.1. The summed E-state index contributed by atoms with van der Waals surface area (Å²) in [7, 11) is 1.35. The molecular weight excluding hydrogens is 439 g/mol. The molecule has 0 saturated heterocycles. The molecule has 0 amide bonds. The topological polar surface area (TPSA) is 53.4 Å². The van der Waals surface area contributed by atoms with E-state index in [2.05, 4.69) is 4.98 Å². The Hall–Kier alpha value is -2.90. The summed E-state index contributed by atoms with van der Waals surface area (Å²) in [5.74, 6) is 0.0415. The molecule has 1 saturated carbocycles.